The quantitative estimate of drug-likeness (QED) is 0.0584. The van der Waals surface area contributed by atoms with Crippen LogP contribution in [-0.2, 0) is 5.41 Å². The van der Waals surface area contributed by atoms with Crippen molar-refractivity contribution in [3.05, 3.63) is 149 Å². The number of β-amino-alcohol motifs (C(OH)–C–C–N with tert-alkyl or cyclic N) is 1. The van der Waals surface area contributed by atoms with Crippen LogP contribution in [0.5, 0.6) is 0 Å². The van der Waals surface area contributed by atoms with Gasteiger partial charge in [0, 0.05) is 90.4 Å². The molecule has 75 heavy (non-hydrogen) atoms. The Morgan fingerprint density at radius 3 is 2.08 bits per heavy atom. The van der Waals surface area contributed by atoms with E-state index >= 15 is 0 Å². The molecule has 3 atom stereocenters. The number of benzene rings is 3. The molecule has 3 aromatic carbocycles. The minimum atomic E-state index is -0.648. The molecule has 2 saturated heterocycles. The van der Waals surface area contributed by atoms with E-state index in [2.05, 4.69) is 60.0 Å². The van der Waals surface area contributed by atoms with Crippen LogP contribution in [0.3, 0.4) is 0 Å². The van der Waals surface area contributed by atoms with Gasteiger partial charge < -0.3 is 36.0 Å². The second kappa shape index (κ2) is 21.7. The van der Waals surface area contributed by atoms with E-state index in [-0.39, 0.29) is 48.6 Å². The molecule has 0 spiro atoms. The van der Waals surface area contributed by atoms with Gasteiger partial charge in [-0.1, -0.05) is 57.9 Å². The number of likely N-dealkylation sites (tertiary alicyclic amines) is 2. The number of hydrogen-bond donors (Lipinski definition) is 5. The Morgan fingerprint density at radius 1 is 0.800 bits per heavy atom. The average molecular weight is 1010 g/mol. The Hall–Kier alpha value is -8.27. The highest BCUT2D eigenvalue weighted by Gasteiger charge is 2.38. The summed E-state index contributed by atoms with van der Waals surface area (Å²) in [5, 5.41) is 48.1. The molecule has 7 aromatic rings. The zero-order valence-corrected chi connectivity index (χ0v) is 42.4. The number of aliphatic hydroxyl groups excluding tert-OH is 2. The second-order valence-corrected chi connectivity index (χ2v) is 19.8. The molecule has 3 aliphatic heterocycles. The van der Waals surface area contributed by atoms with E-state index in [0.29, 0.717) is 71.8 Å². The smallest absolute Gasteiger partial charge is 0.254 e. The third-order valence-corrected chi connectivity index (χ3v) is 14.6. The molecule has 4 aromatic heterocycles. The van der Waals surface area contributed by atoms with E-state index < -0.39 is 11.5 Å². The van der Waals surface area contributed by atoms with Gasteiger partial charge in [-0.15, -0.1) is 10.2 Å². The molecule has 0 aliphatic carbocycles. The number of pyridine rings is 2. The summed E-state index contributed by atoms with van der Waals surface area (Å²) in [6.07, 6.45) is 10.4. The maximum absolute atomic E-state index is 14.4. The third-order valence-electron chi connectivity index (χ3n) is 14.6. The molecule has 5 N–H and O–H groups in total. The SMILES string of the molecule is CCCC(C#N)(CCC)c1ccc(C2c3nc(Nc4ccc(C(=O)N5CC(O)C5)cc4)nn3C(C3CCCN(C(=O)c4ccc(-c5cccn6nc(Nc7ccc(C(=O)NCCO)cc7)nc56)cc4)C3)=CC2C)cn1. The Bertz CT molecular complexity index is 3260. The van der Waals surface area contributed by atoms with Gasteiger partial charge in [0.2, 0.25) is 11.9 Å². The molecule has 18 nitrogen and oxygen atoms in total. The van der Waals surface area contributed by atoms with Crippen molar-refractivity contribution < 1.29 is 24.6 Å². The monoisotopic (exact) mass is 1010 g/mol. The standard InChI is InChI=1S/C57H61N13O5/c1-4-24-57(35-58,25-5-2)48-23-18-41(31-60-48)49-36(3)30-47(70-51(49)64-56(66-70)62-44-21-16-40(17-22-44)54(75)68-33-45(72)34-68)42-8-6-27-67(32-42)53(74)39-12-10-37(11-13-39)46-9-7-28-69-50(46)63-55(65-69)61-43-19-14-38(15-20-43)52(73)59-26-29-71/h7,9-23,28,30-31,36,42,45,49,71-72H,4-6,8,24-27,29,32-34H2,1-3H3,(H,59,73)(H,61,65)(H,62,66). The number of amides is 3. The van der Waals surface area contributed by atoms with Crippen molar-refractivity contribution in [3.63, 3.8) is 0 Å². The maximum Gasteiger partial charge on any atom is 0.254 e. The summed E-state index contributed by atoms with van der Waals surface area (Å²) in [4.78, 5) is 58.1. The van der Waals surface area contributed by atoms with Gasteiger partial charge in [0.1, 0.15) is 5.82 Å². The van der Waals surface area contributed by atoms with Gasteiger partial charge >= 0.3 is 0 Å². The highest BCUT2D eigenvalue weighted by molar-refractivity contribution is 5.96. The largest absolute Gasteiger partial charge is 0.395 e. The van der Waals surface area contributed by atoms with Crippen LogP contribution in [0.25, 0.3) is 22.5 Å². The van der Waals surface area contributed by atoms with E-state index in [1.807, 2.05) is 76.6 Å². The predicted molar refractivity (Wildman–Crippen MR) is 284 cm³/mol. The van der Waals surface area contributed by atoms with Gasteiger partial charge in [0.05, 0.1) is 35.8 Å². The van der Waals surface area contributed by atoms with Crippen LogP contribution >= 0.6 is 0 Å². The number of anilines is 4. The molecular weight excluding hydrogens is 947 g/mol. The van der Waals surface area contributed by atoms with E-state index in [1.54, 1.807) is 45.8 Å². The number of piperidine rings is 1. The number of rotatable bonds is 17. The van der Waals surface area contributed by atoms with Crippen LogP contribution in [-0.4, -0.2) is 118 Å². The molecule has 0 saturated carbocycles. The van der Waals surface area contributed by atoms with Gasteiger partial charge in [-0.05, 0) is 122 Å². The first-order valence-electron chi connectivity index (χ1n) is 25.9. The lowest BCUT2D eigenvalue weighted by atomic mass is 9.76. The summed E-state index contributed by atoms with van der Waals surface area (Å²) in [6, 6.07) is 32.3. The second-order valence-electron chi connectivity index (χ2n) is 19.8. The van der Waals surface area contributed by atoms with E-state index in [4.69, 9.17) is 25.2 Å². The van der Waals surface area contributed by atoms with Crippen LogP contribution in [0, 0.1) is 23.2 Å². The van der Waals surface area contributed by atoms with Crippen molar-refractivity contribution in [1.29, 1.82) is 5.26 Å². The number of carbonyl (C=O) groups excluding carboxylic acids is 3. The van der Waals surface area contributed by atoms with Gasteiger partial charge in [0.25, 0.3) is 17.7 Å². The fraction of sp³-hybridized carbons (Fsp3) is 0.351. The number of allylic oxidation sites excluding steroid dienone is 1. The summed E-state index contributed by atoms with van der Waals surface area (Å²) in [5.41, 5.74) is 7.41. The number of fused-ring (bicyclic) bond motifs is 2. The number of nitriles is 1. The maximum atomic E-state index is 14.4. The number of nitrogens with one attached hydrogen (secondary N) is 3. The first-order valence-corrected chi connectivity index (χ1v) is 25.9. The molecule has 7 heterocycles. The zero-order chi connectivity index (χ0) is 52.2. The lowest BCUT2D eigenvalue weighted by Crippen LogP contribution is -2.53. The number of aromatic nitrogens is 7. The number of hydrogen-bond acceptors (Lipinski definition) is 13. The lowest BCUT2D eigenvalue weighted by Gasteiger charge is -2.37. The molecule has 3 aliphatic rings. The van der Waals surface area contributed by atoms with E-state index in [1.165, 1.54) is 0 Å². The van der Waals surface area contributed by atoms with Gasteiger partial charge in [0.15, 0.2) is 5.65 Å². The van der Waals surface area contributed by atoms with Gasteiger partial charge in [-0.25, -0.2) is 9.20 Å². The van der Waals surface area contributed by atoms with Crippen LogP contribution in [0.15, 0.2) is 116 Å². The highest BCUT2D eigenvalue weighted by atomic mass is 16.3. The van der Waals surface area contributed by atoms with Crippen molar-refractivity contribution in [1.82, 2.24) is 49.5 Å². The van der Waals surface area contributed by atoms with Crippen molar-refractivity contribution in [3.8, 4) is 17.2 Å². The average Bonchev–Trinajstić information content (AvgIpc) is 4.05. The first kappa shape index (κ1) is 50.3. The van der Waals surface area contributed by atoms with Crippen molar-refractivity contribution >= 4 is 52.3 Å². The van der Waals surface area contributed by atoms with Gasteiger partial charge in [-0.2, -0.15) is 15.2 Å². The van der Waals surface area contributed by atoms with Crippen molar-refractivity contribution in [2.75, 3.05) is 50.0 Å². The predicted octanol–water partition coefficient (Wildman–Crippen LogP) is 7.95. The molecular formula is C57H61N13O5. The molecule has 3 unspecified atom stereocenters. The summed E-state index contributed by atoms with van der Waals surface area (Å²) in [7, 11) is 0. The topological polar surface area (TPSA) is 232 Å². The lowest BCUT2D eigenvalue weighted by molar-refractivity contribution is 0.00589. The summed E-state index contributed by atoms with van der Waals surface area (Å²) in [6.45, 7) is 8.19. The summed E-state index contributed by atoms with van der Waals surface area (Å²) >= 11 is 0. The number of aliphatic hydroxyl groups is 2. The van der Waals surface area contributed by atoms with Crippen LogP contribution in [0.2, 0.25) is 0 Å². The Balaban J connectivity index is 0.877. The first-order chi connectivity index (χ1) is 36.5. The minimum absolute atomic E-state index is 0.0146. The van der Waals surface area contributed by atoms with Crippen LogP contribution in [0.1, 0.15) is 113 Å². The molecule has 3 amide bonds. The highest BCUT2D eigenvalue weighted by Crippen LogP contribution is 2.43. The normalized spacial score (nSPS) is 17.7. The zero-order valence-electron chi connectivity index (χ0n) is 42.4. The van der Waals surface area contributed by atoms with Crippen molar-refractivity contribution in [2.24, 2.45) is 11.8 Å². The fourth-order valence-electron chi connectivity index (χ4n) is 10.8. The Kier molecular flexibility index (Phi) is 14.5. The minimum Gasteiger partial charge on any atom is -0.395 e. The van der Waals surface area contributed by atoms with Crippen LogP contribution < -0.4 is 16.0 Å². The molecule has 0 radical (unpaired) electrons. The molecule has 384 valence electrons. The van der Waals surface area contributed by atoms with Crippen LogP contribution in [0.4, 0.5) is 23.3 Å². The molecule has 2 fully saturated rings. The number of carbonyl (C=O) groups is 3. The Labute approximate surface area is 435 Å². The van der Waals surface area contributed by atoms with E-state index in [9.17, 15) is 24.8 Å². The number of nitrogens with zero attached hydrogens (tertiary/aromatic N) is 10. The molecule has 10 rings (SSSR count). The van der Waals surface area contributed by atoms with Gasteiger partial charge in [-0.3, -0.25) is 19.4 Å². The Morgan fingerprint density at radius 2 is 1.45 bits per heavy atom. The van der Waals surface area contributed by atoms with Crippen molar-refractivity contribution in [2.45, 2.75) is 76.7 Å². The molecule has 0 bridgehead atoms. The molecule has 18 heteroatoms. The third kappa shape index (κ3) is 10.3. The fourth-order valence-corrected chi connectivity index (χ4v) is 10.8. The summed E-state index contributed by atoms with van der Waals surface area (Å²) in [5.74, 6) is 0.803. The summed E-state index contributed by atoms with van der Waals surface area (Å²) < 4.78 is 3.64. The van der Waals surface area contributed by atoms with E-state index in [0.717, 1.165) is 72.4 Å².